The Morgan fingerprint density at radius 3 is 2.50 bits per heavy atom. The molecular formula is C17H19Cl2N3O5S. The van der Waals surface area contributed by atoms with E-state index in [1.165, 1.54) is 4.31 Å². The van der Waals surface area contributed by atoms with E-state index in [9.17, 15) is 13.2 Å². The summed E-state index contributed by atoms with van der Waals surface area (Å²) >= 11 is 12.0. The van der Waals surface area contributed by atoms with Crippen molar-refractivity contribution in [3.8, 4) is 5.75 Å². The fraction of sp³-hybridized carbons (Fsp3) is 0.412. The third kappa shape index (κ3) is 4.12. The van der Waals surface area contributed by atoms with Crippen molar-refractivity contribution >= 4 is 39.1 Å². The summed E-state index contributed by atoms with van der Waals surface area (Å²) in [6.45, 7) is 3.80. The van der Waals surface area contributed by atoms with Crippen LogP contribution >= 0.6 is 23.2 Å². The zero-order chi connectivity index (χ0) is 20.5. The number of rotatable bonds is 5. The zero-order valence-corrected chi connectivity index (χ0v) is 17.6. The molecule has 1 aromatic carbocycles. The predicted molar refractivity (Wildman–Crippen MR) is 103 cm³/mol. The lowest BCUT2D eigenvalue weighted by molar-refractivity contribution is -0.134. The maximum absolute atomic E-state index is 12.8. The molecule has 1 aliphatic rings. The quantitative estimate of drug-likeness (QED) is 0.698. The number of halogens is 2. The molecule has 0 bridgehead atoms. The standard InChI is InChI=1S/C17H19Cl2N3O5S/c1-11-17(12(2)27-20-11)28(24,25)22-8-6-21(7-9-22)15(23)10-26-14-5-3-4-13(18)16(14)19/h3-5H,6-10H2,1-2H3. The van der Waals surface area contributed by atoms with E-state index in [4.69, 9.17) is 32.5 Å². The molecular weight excluding hydrogens is 429 g/mol. The van der Waals surface area contributed by atoms with Crippen molar-refractivity contribution in [2.24, 2.45) is 0 Å². The first-order chi connectivity index (χ1) is 13.2. The van der Waals surface area contributed by atoms with Crippen molar-refractivity contribution in [3.63, 3.8) is 0 Å². The molecule has 3 rings (SSSR count). The number of aryl methyl sites for hydroxylation is 2. The van der Waals surface area contributed by atoms with Crippen LogP contribution in [-0.2, 0) is 14.8 Å². The van der Waals surface area contributed by atoms with E-state index < -0.39 is 10.0 Å². The Morgan fingerprint density at radius 1 is 1.21 bits per heavy atom. The molecule has 0 saturated carbocycles. The number of carbonyl (C=O) groups excluding carboxylic acids is 1. The van der Waals surface area contributed by atoms with E-state index in [2.05, 4.69) is 5.16 Å². The van der Waals surface area contributed by atoms with Gasteiger partial charge in [-0.15, -0.1) is 0 Å². The van der Waals surface area contributed by atoms with Crippen LogP contribution in [0.25, 0.3) is 0 Å². The first kappa shape index (κ1) is 20.9. The molecule has 8 nitrogen and oxygen atoms in total. The summed E-state index contributed by atoms with van der Waals surface area (Å²) in [5.74, 6) is 0.315. The number of hydrogen-bond donors (Lipinski definition) is 0. The summed E-state index contributed by atoms with van der Waals surface area (Å²) in [7, 11) is -3.72. The number of ether oxygens (including phenoxy) is 1. The monoisotopic (exact) mass is 447 g/mol. The number of hydrogen-bond acceptors (Lipinski definition) is 6. The summed E-state index contributed by atoms with van der Waals surface area (Å²) < 4.78 is 37.4. The highest BCUT2D eigenvalue weighted by Gasteiger charge is 2.34. The van der Waals surface area contributed by atoms with Crippen molar-refractivity contribution in [1.29, 1.82) is 0 Å². The maximum Gasteiger partial charge on any atom is 0.260 e. The van der Waals surface area contributed by atoms with Gasteiger partial charge in [-0.3, -0.25) is 4.79 Å². The molecule has 1 amide bonds. The Labute approximate surface area is 173 Å². The third-order valence-corrected chi connectivity index (χ3v) is 7.37. The number of carbonyl (C=O) groups is 1. The molecule has 1 aromatic heterocycles. The minimum atomic E-state index is -3.72. The van der Waals surface area contributed by atoms with Crippen LogP contribution in [0.15, 0.2) is 27.6 Å². The van der Waals surface area contributed by atoms with E-state index in [-0.39, 0.29) is 54.4 Å². The van der Waals surface area contributed by atoms with Gasteiger partial charge >= 0.3 is 0 Å². The molecule has 11 heteroatoms. The van der Waals surface area contributed by atoms with Gasteiger partial charge in [-0.2, -0.15) is 4.31 Å². The van der Waals surface area contributed by atoms with Gasteiger partial charge in [-0.25, -0.2) is 8.42 Å². The van der Waals surface area contributed by atoms with Gasteiger partial charge in [0.25, 0.3) is 5.91 Å². The Morgan fingerprint density at radius 2 is 1.89 bits per heavy atom. The molecule has 0 aliphatic carbocycles. The van der Waals surface area contributed by atoms with Gasteiger partial charge in [-0.1, -0.05) is 34.4 Å². The van der Waals surface area contributed by atoms with E-state index >= 15 is 0 Å². The van der Waals surface area contributed by atoms with E-state index in [0.29, 0.717) is 16.5 Å². The topological polar surface area (TPSA) is 93.0 Å². The molecule has 2 heterocycles. The van der Waals surface area contributed by atoms with Crippen LogP contribution < -0.4 is 4.74 Å². The van der Waals surface area contributed by atoms with Crippen molar-refractivity contribution in [2.75, 3.05) is 32.8 Å². The van der Waals surface area contributed by atoms with Gasteiger partial charge in [0, 0.05) is 26.2 Å². The lowest BCUT2D eigenvalue weighted by atomic mass is 10.3. The Hall–Kier alpha value is -1.81. The number of amides is 1. The summed E-state index contributed by atoms with van der Waals surface area (Å²) in [5.41, 5.74) is 0.322. The van der Waals surface area contributed by atoms with Gasteiger partial charge in [0.2, 0.25) is 10.0 Å². The number of sulfonamides is 1. The molecule has 1 aliphatic heterocycles. The van der Waals surface area contributed by atoms with Crippen molar-refractivity contribution in [2.45, 2.75) is 18.7 Å². The summed E-state index contributed by atoms with van der Waals surface area (Å²) in [4.78, 5) is 14.0. The predicted octanol–water partition coefficient (Wildman–Crippen LogP) is 2.51. The Bertz CT molecular complexity index is 965. The Balaban J connectivity index is 1.59. The molecule has 1 saturated heterocycles. The lowest BCUT2D eigenvalue weighted by Crippen LogP contribution is -2.51. The van der Waals surface area contributed by atoms with Gasteiger partial charge in [0.15, 0.2) is 12.4 Å². The van der Waals surface area contributed by atoms with Crippen LogP contribution in [0, 0.1) is 13.8 Å². The number of nitrogens with zero attached hydrogens (tertiary/aromatic N) is 3. The number of benzene rings is 1. The van der Waals surface area contributed by atoms with Crippen LogP contribution in [0.4, 0.5) is 0 Å². The second kappa shape index (κ2) is 8.28. The summed E-state index contributed by atoms with van der Waals surface area (Å²) in [6.07, 6.45) is 0. The van der Waals surface area contributed by atoms with Crippen molar-refractivity contribution in [3.05, 3.63) is 39.7 Å². The third-order valence-electron chi connectivity index (χ3n) is 4.42. The molecule has 0 spiro atoms. The van der Waals surface area contributed by atoms with E-state index in [0.717, 1.165) is 0 Å². The molecule has 0 radical (unpaired) electrons. The molecule has 28 heavy (non-hydrogen) atoms. The van der Waals surface area contributed by atoms with E-state index in [1.54, 1.807) is 36.9 Å². The average molecular weight is 448 g/mol. The smallest absolute Gasteiger partial charge is 0.260 e. The summed E-state index contributed by atoms with van der Waals surface area (Å²) in [6, 6.07) is 4.92. The van der Waals surface area contributed by atoms with Crippen molar-refractivity contribution < 1.29 is 22.5 Å². The molecule has 2 aromatic rings. The highest BCUT2D eigenvalue weighted by Crippen LogP contribution is 2.31. The fourth-order valence-corrected chi connectivity index (χ4v) is 5.04. The normalized spacial score (nSPS) is 15.6. The Kier molecular flexibility index (Phi) is 6.18. The average Bonchev–Trinajstić information content (AvgIpc) is 3.01. The first-order valence-corrected chi connectivity index (χ1v) is 10.7. The van der Waals surface area contributed by atoms with Gasteiger partial charge in [0.1, 0.15) is 21.4 Å². The molecule has 1 fully saturated rings. The second-order valence-corrected chi connectivity index (χ2v) is 8.94. The lowest BCUT2D eigenvalue weighted by Gasteiger charge is -2.33. The molecule has 152 valence electrons. The first-order valence-electron chi connectivity index (χ1n) is 8.49. The fourth-order valence-electron chi connectivity index (χ4n) is 2.98. The SMILES string of the molecule is Cc1noc(C)c1S(=O)(=O)N1CCN(C(=O)COc2cccc(Cl)c2Cl)CC1. The summed E-state index contributed by atoms with van der Waals surface area (Å²) in [5, 5.41) is 4.29. The van der Waals surface area contributed by atoms with Crippen LogP contribution in [0.5, 0.6) is 5.75 Å². The maximum atomic E-state index is 12.8. The zero-order valence-electron chi connectivity index (χ0n) is 15.3. The van der Waals surface area contributed by atoms with Gasteiger partial charge in [-0.05, 0) is 26.0 Å². The largest absolute Gasteiger partial charge is 0.482 e. The van der Waals surface area contributed by atoms with Crippen LogP contribution in [0.3, 0.4) is 0 Å². The number of piperazine rings is 1. The molecule has 0 N–H and O–H groups in total. The minimum absolute atomic E-state index is 0.0891. The number of aromatic nitrogens is 1. The van der Waals surface area contributed by atoms with Gasteiger partial charge < -0.3 is 14.2 Å². The van der Waals surface area contributed by atoms with Crippen LogP contribution in [0.2, 0.25) is 10.0 Å². The van der Waals surface area contributed by atoms with Crippen molar-refractivity contribution in [1.82, 2.24) is 14.4 Å². The van der Waals surface area contributed by atoms with Crippen LogP contribution in [0.1, 0.15) is 11.5 Å². The highest BCUT2D eigenvalue weighted by atomic mass is 35.5. The van der Waals surface area contributed by atoms with Gasteiger partial charge in [0.05, 0.1) is 5.02 Å². The van der Waals surface area contributed by atoms with Crippen LogP contribution in [-0.4, -0.2) is 61.5 Å². The second-order valence-electron chi connectivity index (χ2n) is 6.28. The van der Waals surface area contributed by atoms with E-state index in [1.807, 2.05) is 0 Å². The minimum Gasteiger partial charge on any atom is -0.482 e. The highest BCUT2D eigenvalue weighted by molar-refractivity contribution is 7.89. The molecule has 0 unspecified atom stereocenters. The molecule has 0 atom stereocenters.